The molecular formula is C21H29N5O3S. The number of aromatic nitrogens is 2. The number of anilines is 2. The molecule has 0 bridgehead atoms. The second-order valence-electron chi connectivity index (χ2n) is 8.15. The van der Waals surface area contributed by atoms with Gasteiger partial charge in [0, 0.05) is 56.7 Å². The summed E-state index contributed by atoms with van der Waals surface area (Å²) in [5, 5.41) is 3.10. The molecule has 9 heteroatoms. The number of hydrogen-bond acceptors (Lipinski definition) is 5. The smallest absolute Gasteiger partial charge is 0.262 e. The first kappa shape index (κ1) is 20.9. The van der Waals surface area contributed by atoms with Gasteiger partial charge in [-0.2, -0.15) is 4.31 Å². The number of hydrogen-bond donors (Lipinski definition) is 1. The van der Waals surface area contributed by atoms with Gasteiger partial charge >= 0.3 is 0 Å². The van der Waals surface area contributed by atoms with Crippen LogP contribution in [0.3, 0.4) is 0 Å². The molecule has 0 unspecified atom stereocenters. The molecule has 3 heterocycles. The Labute approximate surface area is 177 Å². The van der Waals surface area contributed by atoms with Gasteiger partial charge in [-0.15, -0.1) is 0 Å². The number of carbonyl (C=O) groups is 1. The Hall–Kier alpha value is -2.39. The van der Waals surface area contributed by atoms with Crippen LogP contribution in [0.5, 0.6) is 0 Å². The molecule has 0 aliphatic carbocycles. The summed E-state index contributed by atoms with van der Waals surface area (Å²) in [6.07, 6.45) is 4.95. The number of amides is 1. The number of aryl methyl sites for hydroxylation is 2. The fourth-order valence-corrected chi connectivity index (χ4v) is 5.64. The summed E-state index contributed by atoms with van der Waals surface area (Å²) in [6.45, 7) is 4.53. The van der Waals surface area contributed by atoms with Gasteiger partial charge in [-0.1, -0.05) is 6.07 Å². The highest BCUT2D eigenvalue weighted by molar-refractivity contribution is 7.89. The second kappa shape index (κ2) is 8.39. The maximum absolute atomic E-state index is 12.8. The van der Waals surface area contributed by atoms with Crippen molar-refractivity contribution in [2.24, 2.45) is 13.0 Å². The van der Waals surface area contributed by atoms with Gasteiger partial charge in [-0.25, -0.2) is 13.4 Å². The summed E-state index contributed by atoms with van der Waals surface area (Å²) >= 11 is 0. The average Bonchev–Trinajstić information content (AvgIpc) is 3.39. The van der Waals surface area contributed by atoms with Crippen molar-refractivity contribution in [2.75, 3.05) is 36.4 Å². The molecule has 2 aliphatic heterocycles. The summed E-state index contributed by atoms with van der Waals surface area (Å²) in [4.78, 5) is 19.3. The minimum atomic E-state index is -3.62. The fourth-order valence-electron chi connectivity index (χ4n) is 4.14. The predicted octanol–water partition coefficient (Wildman–Crippen LogP) is 2.37. The van der Waals surface area contributed by atoms with Crippen molar-refractivity contribution in [3.05, 3.63) is 36.3 Å². The molecule has 1 N–H and O–H groups in total. The molecule has 2 fully saturated rings. The van der Waals surface area contributed by atoms with Crippen LogP contribution < -0.4 is 10.2 Å². The van der Waals surface area contributed by atoms with Crippen molar-refractivity contribution in [1.82, 2.24) is 13.9 Å². The molecule has 4 rings (SSSR count). The van der Waals surface area contributed by atoms with E-state index in [2.05, 4.69) is 21.3 Å². The number of sulfonamides is 1. The van der Waals surface area contributed by atoms with Gasteiger partial charge in [0.05, 0.1) is 0 Å². The number of benzene rings is 1. The standard InChI is InChI=1S/C21H29N5O3S/c1-16-22-20(15-24(16)2)30(28,29)26-12-8-17(9-13-26)21(27)23-18-6-5-7-19(14-18)25-10-3-4-11-25/h5-7,14-15,17H,3-4,8-13H2,1-2H3,(H,23,27). The van der Waals surface area contributed by atoms with E-state index in [4.69, 9.17) is 0 Å². The highest BCUT2D eigenvalue weighted by Crippen LogP contribution is 2.26. The fraction of sp³-hybridized carbons (Fsp3) is 0.524. The van der Waals surface area contributed by atoms with Crippen LogP contribution in [0.1, 0.15) is 31.5 Å². The van der Waals surface area contributed by atoms with E-state index in [9.17, 15) is 13.2 Å². The van der Waals surface area contributed by atoms with Crippen LogP contribution in [-0.2, 0) is 21.9 Å². The highest BCUT2D eigenvalue weighted by Gasteiger charge is 2.33. The molecule has 1 aromatic carbocycles. The average molecular weight is 432 g/mol. The van der Waals surface area contributed by atoms with Crippen LogP contribution in [0, 0.1) is 12.8 Å². The molecule has 2 saturated heterocycles. The number of rotatable bonds is 5. The molecular weight excluding hydrogens is 402 g/mol. The molecule has 0 radical (unpaired) electrons. The Balaban J connectivity index is 1.36. The number of piperidine rings is 1. The normalized spacial score (nSPS) is 18.7. The molecule has 0 spiro atoms. The van der Waals surface area contributed by atoms with Gasteiger partial charge in [-0.05, 0) is 50.8 Å². The van der Waals surface area contributed by atoms with Gasteiger partial charge in [0.1, 0.15) is 5.82 Å². The van der Waals surface area contributed by atoms with Crippen molar-refractivity contribution >= 4 is 27.3 Å². The minimum absolute atomic E-state index is 0.0423. The first-order valence-corrected chi connectivity index (χ1v) is 11.9. The molecule has 8 nitrogen and oxygen atoms in total. The first-order chi connectivity index (χ1) is 14.3. The number of nitrogens with zero attached hydrogens (tertiary/aromatic N) is 4. The Morgan fingerprint density at radius 1 is 1.13 bits per heavy atom. The number of carbonyl (C=O) groups excluding carboxylic acids is 1. The Morgan fingerprint density at radius 3 is 2.47 bits per heavy atom. The van der Waals surface area contributed by atoms with Gasteiger partial charge in [0.15, 0.2) is 5.03 Å². The van der Waals surface area contributed by atoms with E-state index in [-0.39, 0.29) is 16.9 Å². The lowest BCUT2D eigenvalue weighted by Gasteiger charge is -2.30. The van der Waals surface area contributed by atoms with Crippen LogP contribution in [0.25, 0.3) is 0 Å². The molecule has 2 aromatic rings. The third-order valence-electron chi connectivity index (χ3n) is 6.10. The highest BCUT2D eigenvalue weighted by atomic mass is 32.2. The third kappa shape index (κ3) is 4.22. The Kier molecular flexibility index (Phi) is 5.84. The summed E-state index contributed by atoms with van der Waals surface area (Å²) < 4.78 is 28.8. The second-order valence-corrected chi connectivity index (χ2v) is 10.0. The van der Waals surface area contributed by atoms with Gasteiger partial charge in [0.2, 0.25) is 5.91 Å². The van der Waals surface area contributed by atoms with Crippen LogP contribution in [0.15, 0.2) is 35.5 Å². The van der Waals surface area contributed by atoms with E-state index in [0.717, 1.165) is 24.5 Å². The monoisotopic (exact) mass is 431 g/mol. The van der Waals surface area contributed by atoms with Crippen LogP contribution in [0.2, 0.25) is 0 Å². The Morgan fingerprint density at radius 2 is 1.83 bits per heavy atom. The van der Waals surface area contributed by atoms with Crippen molar-refractivity contribution < 1.29 is 13.2 Å². The summed E-state index contributed by atoms with van der Waals surface area (Å²) in [5.41, 5.74) is 1.93. The molecule has 2 aliphatic rings. The van der Waals surface area contributed by atoms with Crippen molar-refractivity contribution in [3.63, 3.8) is 0 Å². The maximum Gasteiger partial charge on any atom is 0.262 e. The predicted molar refractivity (Wildman–Crippen MR) is 116 cm³/mol. The molecule has 30 heavy (non-hydrogen) atoms. The van der Waals surface area contributed by atoms with Crippen molar-refractivity contribution in [1.29, 1.82) is 0 Å². The number of nitrogens with one attached hydrogen (secondary N) is 1. The lowest BCUT2D eigenvalue weighted by atomic mass is 9.97. The van der Waals surface area contributed by atoms with E-state index in [0.29, 0.717) is 31.8 Å². The minimum Gasteiger partial charge on any atom is -0.371 e. The SMILES string of the molecule is Cc1nc(S(=O)(=O)N2CCC(C(=O)Nc3cccc(N4CCCC4)c3)CC2)cn1C. The summed E-state index contributed by atoms with van der Waals surface area (Å²) in [7, 11) is -1.85. The third-order valence-corrected chi connectivity index (χ3v) is 7.87. The van der Waals surface area contributed by atoms with Crippen LogP contribution in [-0.4, -0.2) is 54.4 Å². The van der Waals surface area contributed by atoms with Crippen molar-refractivity contribution in [2.45, 2.75) is 37.6 Å². The topological polar surface area (TPSA) is 87.5 Å². The maximum atomic E-state index is 12.8. The lowest BCUT2D eigenvalue weighted by molar-refractivity contribution is -0.120. The summed E-state index contributed by atoms with van der Waals surface area (Å²) in [5.74, 6) is 0.413. The lowest BCUT2D eigenvalue weighted by Crippen LogP contribution is -2.41. The molecule has 162 valence electrons. The van der Waals surface area contributed by atoms with Crippen LogP contribution in [0.4, 0.5) is 11.4 Å². The molecule has 1 amide bonds. The quantitative estimate of drug-likeness (QED) is 0.785. The van der Waals surface area contributed by atoms with Gasteiger partial charge in [-0.3, -0.25) is 4.79 Å². The van der Waals surface area contributed by atoms with Gasteiger partial charge in [0.25, 0.3) is 10.0 Å². The molecule has 0 atom stereocenters. The molecule has 1 aromatic heterocycles. The molecule has 0 saturated carbocycles. The first-order valence-electron chi connectivity index (χ1n) is 10.5. The largest absolute Gasteiger partial charge is 0.371 e. The van der Waals surface area contributed by atoms with E-state index in [1.165, 1.54) is 23.3 Å². The zero-order valence-electron chi connectivity index (χ0n) is 17.5. The number of imidazole rings is 1. The van der Waals surface area contributed by atoms with Gasteiger partial charge < -0.3 is 14.8 Å². The van der Waals surface area contributed by atoms with Crippen LogP contribution >= 0.6 is 0 Å². The van der Waals surface area contributed by atoms with E-state index < -0.39 is 10.0 Å². The zero-order chi connectivity index (χ0) is 21.3. The van der Waals surface area contributed by atoms with E-state index in [1.54, 1.807) is 18.5 Å². The van der Waals surface area contributed by atoms with E-state index in [1.807, 2.05) is 18.2 Å². The van der Waals surface area contributed by atoms with E-state index >= 15 is 0 Å². The Bertz CT molecular complexity index is 1000. The van der Waals surface area contributed by atoms with Crippen molar-refractivity contribution in [3.8, 4) is 0 Å². The summed E-state index contributed by atoms with van der Waals surface area (Å²) in [6, 6.07) is 7.96. The zero-order valence-corrected chi connectivity index (χ0v) is 18.4.